The van der Waals surface area contributed by atoms with E-state index in [0.717, 1.165) is 35.8 Å². The highest BCUT2D eigenvalue weighted by Crippen LogP contribution is 2.44. The Hall–Kier alpha value is -10.7. The molecule has 10 heterocycles. The fraction of sp³-hybridized carbons (Fsp3) is 0.321. The van der Waals surface area contributed by atoms with Gasteiger partial charge in [0.15, 0.2) is 17.1 Å². The number of esters is 1. The first-order valence-electron chi connectivity index (χ1n) is 38.4. The molecule has 0 spiro atoms. The lowest BCUT2D eigenvalue weighted by atomic mass is 9.94. The van der Waals surface area contributed by atoms with Crippen LogP contribution in [-0.4, -0.2) is 202 Å². The van der Waals surface area contributed by atoms with Gasteiger partial charge in [-0.15, -0.1) is 0 Å². The van der Waals surface area contributed by atoms with Crippen molar-refractivity contribution >= 4 is 140 Å². The lowest BCUT2D eigenvalue weighted by Crippen LogP contribution is -2.50. The third-order valence-electron chi connectivity index (χ3n) is 21.4. The molecule has 3 aromatic heterocycles. The zero-order valence-corrected chi connectivity index (χ0v) is 69.8. The van der Waals surface area contributed by atoms with Crippen LogP contribution in [0.25, 0.3) is 0 Å². The summed E-state index contributed by atoms with van der Waals surface area (Å²) >= 11 is 37.6. The molecule has 16 rings (SSSR count). The van der Waals surface area contributed by atoms with Crippen LogP contribution in [0, 0.1) is 17.5 Å². The number of carboxylic acids is 1. The number of anilines is 6. The standard InChI is InChI=1S/C29H31Cl2FN6O2.C26H24Cl2FN5O3.C25H22Cl2FN5O3.C4H8O/c1-4-35(5-2)28(39)24-17-25-33-18(3)26(27(38(25)34-24)19-6-11-22(30)23(31)16-19)29(40)37-14-12-36(13-15-37)21-9-7-20(32)8-10-21;1-15-23(25(35)33-11-9-32(10-12-33)18-6-4-17(29)5-7-18)24(16-3-8-19(27)20(28)13-16)34-22(30-15)14-21(31-34)26(36)37-2;1-14-22(24(34)32-10-8-31(9-11-32)17-5-3-16(28)4-6-17)23(15-2-7-18(26)19(27)12-15)33-21(29-14)13-20(30-33)25(35)36;1-2-4-5-3-1/h6-11,16-17,27,33H,4-5,12-15H2,1-3H3;3-8,13-14,24,30H,9-12H2,1-2H3;2-7,12-13,23,29H,8-11H2,1H3,(H,35,36);1-4H2. The third-order valence-corrected chi connectivity index (χ3v) is 23.6. The molecule has 618 valence electrons. The van der Waals surface area contributed by atoms with Crippen molar-refractivity contribution in [3.8, 4) is 0 Å². The fourth-order valence-electron chi connectivity index (χ4n) is 15.2. The smallest absolute Gasteiger partial charge is 0.358 e. The number of aromatic carboxylic acids is 1. The minimum atomic E-state index is -1.17. The van der Waals surface area contributed by atoms with Crippen molar-refractivity contribution < 1.29 is 56.5 Å². The van der Waals surface area contributed by atoms with Gasteiger partial charge in [0, 0.05) is 157 Å². The Morgan fingerprint density at radius 3 is 1.01 bits per heavy atom. The Bertz CT molecular complexity index is 5350. The maximum Gasteiger partial charge on any atom is 0.358 e. The van der Waals surface area contributed by atoms with E-state index in [1.807, 2.05) is 38.7 Å². The lowest BCUT2D eigenvalue weighted by molar-refractivity contribution is -0.128. The molecule has 4 amide bonds. The van der Waals surface area contributed by atoms with E-state index >= 15 is 0 Å². The summed E-state index contributed by atoms with van der Waals surface area (Å²) < 4.78 is 54.6. The van der Waals surface area contributed by atoms with Crippen molar-refractivity contribution in [2.75, 3.05) is 143 Å². The molecule has 4 N–H and O–H groups in total. The minimum absolute atomic E-state index is 0.115. The molecular formula is C84H85Cl6F3N16O9. The van der Waals surface area contributed by atoms with Crippen molar-refractivity contribution in [3.05, 3.63) is 261 Å². The number of amides is 4. The second-order valence-corrected chi connectivity index (χ2v) is 31.1. The Kier molecular flexibility index (Phi) is 27.1. The van der Waals surface area contributed by atoms with Gasteiger partial charge in [-0.05, 0) is 173 Å². The average Bonchev–Trinajstić information content (AvgIpc) is 1.37. The number of benzene rings is 6. The van der Waals surface area contributed by atoms with E-state index in [1.165, 1.54) is 67.1 Å². The van der Waals surface area contributed by atoms with E-state index < -0.39 is 30.1 Å². The molecule has 25 nitrogen and oxygen atoms in total. The first-order chi connectivity index (χ1) is 56.7. The largest absolute Gasteiger partial charge is 0.476 e. The van der Waals surface area contributed by atoms with Crippen molar-refractivity contribution in [1.29, 1.82) is 0 Å². The highest BCUT2D eigenvalue weighted by Gasteiger charge is 2.42. The Labute approximate surface area is 709 Å². The van der Waals surface area contributed by atoms with Gasteiger partial charge in [0.1, 0.15) is 53.0 Å². The molecule has 3 unspecified atom stereocenters. The summed E-state index contributed by atoms with van der Waals surface area (Å²) in [7, 11) is 1.29. The first kappa shape index (κ1) is 85.2. The van der Waals surface area contributed by atoms with Gasteiger partial charge in [-0.3, -0.25) is 19.2 Å². The monoisotopic (exact) mass is 1730 g/mol. The number of hydrogen-bond acceptors (Lipinski definition) is 17. The fourth-order valence-corrected chi connectivity index (χ4v) is 16.1. The molecule has 7 aliphatic heterocycles. The molecule has 6 aromatic carbocycles. The molecule has 9 aromatic rings. The molecule has 118 heavy (non-hydrogen) atoms. The summed E-state index contributed by atoms with van der Waals surface area (Å²) in [6, 6.07) is 37.3. The first-order valence-corrected chi connectivity index (χ1v) is 40.6. The summed E-state index contributed by atoms with van der Waals surface area (Å²) in [6.45, 7) is 18.9. The number of halogens is 9. The maximum absolute atomic E-state index is 14.1. The maximum atomic E-state index is 14.1. The third kappa shape index (κ3) is 18.7. The number of hydrogen-bond donors (Lipinski definition) is 4. The van der Waals surface area contributed by atoms with Crippen LogP contribution < -0.4 is 30.7 Å². The quantitative estimate of drug-likeness (QED) is 0.0738. The number of fused-ring (bicyclic) bond motifs is 3. The summed E-state index contributed by atoms with van der Waals surface area (Å²) in [5, 5.41) is 34.8. The number of carboxylic acid groups (broad SMARTS) is 1. The van der Waals surface area contributed by atoms with E-state index in [-0.39, 0.29) is 52.5 Å². The summed E-state index contributed by atoms with van der Waals surface area (Å²) in [5.41, 5.74) is 8.45. The normalized spacial score (nSPS) is 17.6. The number of nitrogens with one attached hydrogen (secondary N) is 3. The van der Waals surface area contributed by atoms with E-state index in [2.05, 4.69) is 40.8 Å². The summed E-state index contributed by atoms with van der Waals surface area (Å²) in [5.74, 6) is -1.64. The van der Waals surface area contributed by atoms with Gasteiger partial charge in [0.25, 0.3) is 23.6 Å². The SMILES string of the molecule is C1CCOC1.CC1=C(C(=O)N2CCN(c3ccc(F)cc3)CC2)C(c2ccc(Cl)c(Cl)c2)n2nc(C(=O)O)cc2N1.CCN(CC)C(=O)c1cc2n(n1)C(c1ccc(Cl)c(Cl)c1)C(C(=O)N1CCN(c3ccc(F)cc3)CC1)=C(C)N2.COC(=O)c1cc2n(n1)C(c1ccc(Cl)c(Cl)c1)C(C(=O)N1CCN(c3ccc(F)cc3)CC1)=C(C)N2. The highest BCUT2D eigenvalue weighted by molar-refractivity contribution is 6.43. The van der Waals surface area contributed by atoms with Crippen LogP contribution in [0.4, 0.5) is 47.7 Å². The topological polar surface area (TPSA) is 253 Å². The van der Waals surface area contributed by atoms with E-state index in [0.29, 0.717) is 190 Å². The van der Waals surface area contributed by atoms with Crippen LogP contribution in [0.2, 0.25) is 30.1 Å². The van der Waals surface area contributed by atoms with E-state index in [9.17, 15) is 47.0 Å². The van der Waals surface area contributed by atoms with Gasteiger partial charge in [-0.2, -0.15) is 15.3 Å². The Balaban J connectivity index is 0.000000149. The number of carbonyl (C=O) groups is 6. The predicted molar refractivity (Wildman–Crippen MR) is 451 cm³/mol. The van der Waals surface area contributed by atoms with Gasteiger partial charge in [-0.25, -0.2) is 36.8 Å². The average molecular weight is 1730 g/mol. The van der Waals surface area contributed by atoms with Crippen LogP contribution in [-0.2, 0) is 23.9 Å². The van der Waals surface area contributed by atoms with Crippen molar-refractivity contribution in [3.63, 3.8) is 0 Å². The highest BCUT2D eigenvalue weighted by atomic mass is 35.5. The van der Waals surface area contributed by atoms with Gasteiger partial charge < -0.3 is 64.8 Å². The summed E-state index contributed by atoms with van der Waals surface area (Å²) in [6.07, 6.45) is 2.56. The number of nitrogens with zero attached hydrogens (tertiary/aromatic N) is 13. The number of allylic oxidation sites excluding steroid dienone is 3. The van der Waals surface area contributed by atoms with Gasteiger partial charge >= 0.3 is 11.9 Å². The van der Waals surface area contributed by atoms with Crippen LogP contribution >= 0.6 is 69.6 Å². The van der Waals surface area contributed by atoms with Gasteiger partial charge in [0.2, 0.25) is 0 Å². The Morgan fingerprint density at radius 2 is 0.729 bits per heavy atom. The second-order valence-electron chi connectivity index (χ2n) is 28.7. The molecule has 0 saturated carbocycles. The summed E-state index contributed by atoms with van der Waals surface area (Å²) in [4.78, 5) is 92.4. The van der Waals surface area contributed by atoms with Crippen molar-refractivity contribution in [2.45, 2.75) is 65.6 Å². The predicted octanol–water partition coefficient (Wildman–Crippen LogP) is 15.7. The lowest BCUT2D eigenvalue weighted by Gasteiger charge is -2.38. The zero-order valence-electron chi connectivity index (χ0n) is 65.2. The number of methoxy groups -OCH3 is 1. The van der Waals surface area contributed by atoms with Crippen LogP contribution in [0.15, 0.2) is 179 Å². The molecule has 0 aliphatic carbocycles. The van der Waals surface area contributed by atoms with Gasteiger partial charge in [0.05, 0.1) is 54.0 Å². The Morgan fingerprint density at radius 1 is 0.432 bits per heavy atom. The molecule has 4 saturated heterocycles. The van der Waals surface area contributed by atoms with Crippen LogP contribution in [0.3, 0.4) is 0 Å². The van der Waals surface area contributed by atoms with E-state index in [4.69, 9.17) is 84.2 Å². The van der Waals surface area contributed by atoms with Crippen molar-refractivity contribution in [1.82, 2.24) is 48.9 Å². The molecule has 0 radical (unpaired) electrons. The second kappa shape index (κ2) is 37.5. The number of rotatable bonds is 14. The van der Waals surface area contributed by atoms with Gasteiger partial charge in [-0.1, -0.05) is 87.8 Å². The number of piperazine rings is 3. The molecule has 0 bridgehead atoms. The molecular weight excluding hydrogens is 1650 g/mol. The number of carbonyl (C=O) groups excluding carboxylic acids is 5. The van der Waals surface area contributed by atoms with Crippen LogP contribution in [0.5, 0.6) is 0 Å². The van der Waals surface area contributed by atoms with E-state index in [1.54, 1.807) is 128 Å². The molecule has 3 atom stereocenters. The number of ether oxygens (including phenoxy) is 2. The van der Waals surface area contributed by atoms with Crippen LogP contribution in [0.1, 0.15) is 114 Å². The number of aromatic nitrogens is 6. The molecule has 34 heteroatoms. The zero-order chi connectivity index (χ0) is 83.9. The minimum Gasteiger partial charge on any atom is -0.476 e. The molecule has 7 aliphatic rings. The van der Waals surface area contributed by atoms with Crippen molar-refractivity contribution in [2.24, 2.45) is 0 Å². The molecule has 4 fully saturated rings.